The smallest absolute Gasteiger partial charge is 0.264 e. The molecule has 0 unspecified atom stereocenters. The van der Waals surface area contributed by atoms with Gasteiger partial charge in [0.1, 0.15) is 26.3 Å². The summed E-state index contributed by atoms with van der Waals surface area (Å²) < 4.78 is 51.0. The van der Waals surface area contributed by atoms with E-state index in [0.29, 0.717) is 13.1 Å². The van der Waals surface area contributed by atoms with Crippen LogP contribution in [-0.4, -0.2) is 55.7 Å². The molecule has 0 atom stereocenters. The van der Waals surface area contributed by atoms with Crippen molar-refractivity contribution >= 4 is 20.2 Å². The van der Waals surface area contributed by atoms with Gasteiger partial charge in [-0.3, -0.25) is 8.37 Å². The molecular weight excluding hydrogens is 282 g/mol. The van der Waals surface area contributed by atoms with Gasteiger partial charge in [0, 0.05) is 0 Å². The molecule has 100 valence electrons. The Balaban J connectivity index is 0. The fourth-order valence-electron chi connectivity index (χ4n) is 0.710. The molecular formula is C6H16ClNO6S2. The fraction of sp³-hybridized carbons (Fsp3) is 1.00. The number of quaternary nitrogens is 1. The van der Waals surface area contributed by atoms with Crippen molar-refractivity contribution in [3.8, 4) is 0 Å². The lowest BCUT2D eigenvalue weighted by Crippen LogP contribution is -3.00. The second kappa shape index (κ2) is 8.20. The maximum absolute atomic E-state index is 10.5. The van der Waals surface area contributed by atoms with Gasteiger partial charge in [0.2, 0.25) is 0 Å². The first-order valence-corrected chi connectivity index (χ1v) is 7.84. The Bertz CT molecular complexity index is 328. The molecule has 0 aromatic carbocycles. The van der Waals surface area contributed by atoms with Gasteiger partial charge in [-0.25, -0.2) is 0 Å². The molecule has 7 nitrogen and oxygen atoms in total. The molecule has 0 saturated heterocycles. The summed E-state index contributed by atoms with van der Waals surface area (Å²) in [5.41, 5.74) is 0. The maximum Gasteiger partial charge on any atom is 0.264 e. The Hall–Kier alpha value is 0.0700. The molecule has 0 aliphatic carbocycles. The second-order valence-corrected chi connectivity index (χ2v) is 6.21. The Labute approximate surface area is 102 Å². The Morgan fingerprint density at radius 2 is 1.19 bits per heavy atom. The lowest BCUT2D eigenvalue weighted by Gasteiger charge is -2.02. The molecule has 2 N–H and O–H groups in total. The van der Waals surface area contributed by atoms with Crippen LogP contribution in [0.5, 0.6) is 0 Å². The lowest BCUT2D eigenvalue weighted by molar-refractivity contribution is -0.655. The Morgan fingerprint density at radius 1 is 0.875 bits per heavy atom. The van der Waals surface area contributed by atoms with Crippen LogP contribution in [0.3, 0.4) is 0 Å². The molecule has 16 heavy (non-hydrogen) atoms. The summed E-state index contributed by atoms with van der Waals surface area (Å²) in [7, 11) is -6.77. The van der Waals surface area contributed by atoms with E-state index in [1.807, 2.05) is 0 Å². The van der Waals surface area contributed by atoms with E-state index in [-0.39, 0.29) is 25.6 Å². The zero-order valence-electron chi connectivity index (χ0n) is 9.05. The lowest BCUT2D eigenvalue weighted by atomic mass is 10.6. The normalized spacial score (nSPS) is 12.1. The van der Waals surface area contributed by atoms with E-state index in [1.54, 1.807) is 5.32 Å². The third kappa shape index (κ3) is 16.5. The highest BCUT2D eigenvalue weighted by atomic mass is 35.5. The SMILES string of the molecule is CS(=O)(=O)OCC[NH2+]CCOS(C)(=O)=O.[Cl-]. The van der Waals surface area contributed by atoms with Crippen molar-refractivity contribution < 1.29 is 42.9 Å². The highest BCUT2D eigenvalue weighted by Gasteiger charge is 2.03. The van der Waals surface area contributed by atoms with Crippen LogP contribution < -0.4 is 17.7 Å². The summed E-state index contributed by atoms with van der Waals surface area (Å²) in [6.45, 7) is 0.996. The van der Waals surface area contributed by atoms with Crippen LogP contribution >= 0.6 is 0 Å². The number of rotatable bonds is 8. The minimum absolute atomic E-state index is 0. The van der Waals surface area contributed by atoms with E-state index in [9.17, 15) is 16.8 Å². The maximum atomic E-state index is 10.5. The first-order chi connectivity index (χ1) is 6.71. The quantitative estimate of drug-likeness (QED) is 0.354. The standard InChI is InChI=1S/C6H15NO6S2.ClH/c1-14(8,9)12-5-3-7-4-6-13-15(2,10)11;/h7H,3-6H2,1-2H3;1H. The average molecular weight is 298 g/mol. The largest absolute Gasteiger partial charge is 1.00 e. The molecule has 10 heteroatoms. The molecule has 0 aromatic heterocycles. The highest BCUT2D eigenvalue weighted by molar-refractivity contribution is 7.86. The van der Waals surface area contributed by atoms with Gasteiger partial charge in [-0.05, 0) is 0 Å². The minimum Gasteiger partial charge on any atom is -1.00 e. The van der Waals surface area contributed by atoms with Crippen molar-refractivity contribution in [1.29, 1.82) is 0 Å². The van der Waals surface area contributed by atoms with Crippen LogP contribution in [0.1, 0.15) is 0 Å². The molecule has 0 spiro atoms. The predicted molar refractivity (Wildman–Crippen MR) is 53.3 cm³/mol. The number of hydrogen-bond donors (Lipinski definition) is 1. The van der Waals surface area contributed by atoms with Crippen LogP contribution in [0.25, 0.3) is 0 Å². The molecule has 0 aliphatic heterocycles. The van der Waals surface area contributed by atoms with E-state index in [0.717, 1.165) is 12.5 Å². The van der Waals surface area contributed by atoms with Crippen molar-refractivity contribution in [2.75, 3.05) is 38.8 Å². The van der Waals surface area contributed by atoms with Crippen molar-refractivity contribution in [2.24, 2.45) is 0 Å². The van der Waals surface area contributed by atoms with E-state index in [2.05, 4.69) is 8.37 Å². The topological polar surface area (TPSA) is 103 Å². The summed E-state index contributed by atoms with van der Waals surface area (Å²) in [6.07, 6.45) is 1.94. The first-order valence-electron chi connectivity index (χ1n) is 4.21. The number of halogens is 1. The van der Waals surface area contributed by atoms with Crippen LogP contribution in [0.2, 0.25) is 0 Å². The van der Waals surface area contributed by atoms with Gasteiger partial charge in [-0.15, -0.1) is 0 Å². The average Bonchev–Trinajstić information content (AvgIpc) is 1.98. The number of hydrogen-bond acceptors (Lipinski definition) is 6. The van der Waals surface area contributed by atoms with Gasteiger partial charge in [0.25, 0.3) is 20.2 Å². The van der Waals surface area contributed by atoms with Crippen molar-refractivity contribution in [1.82, 2.24) is 0 Å². The zero-order chi connectivity index (χ0) is 11.9. The van der Waals surface area contributed by atoms with E-state index in [4.69, 9.17) is 0 Å². The summed E-state index contributed by atoms with van der Waals surface area (Å²) in [5, 5.41) is 1.70. The summed E-state index contributed by atoms with van der Waals surface area (Å²) in [6, 6.07) is 0. The molecule has 0 heterocycles. The Morgan fingerprint density at radius 3 is 1.44 bits per heavy atom. The monoisotopic (exact) mass is 297 g/mol. The summed E-state index contributed by atoms with van der Waals surface area (Å²) in [5.74, 6) is 0. The summed E-state index contributed by atoms with van der Waals surface area (Å²) in [4.78, 5) is 0. The number of nitrogens with two attached hydrogens (primary N) is 1. The van der Waals surface area contributed by atoms with E-state index >= 15 is 0 Å². The second-order valence-electron chi connectivity index (χ2n) is 2.92. The van der Waals surface area contributed by atoms with Crippen molar-refractivity contribution in [2.45, 2.75) is 0 Å². The van der Waals surface area contributed by atoms with Gasteiger partial charge in [-0.1, -0.05) is 0 Å². The van der Waals surface area contributed by atoms with Crippen LogP contribution in [0.4, 0.5) is 0 Å². The van der Waals surface area contributed by atoms with Gasteiger partial charge >= 0.3 is 0 Å². The van der Waals surface area contributed by atoms with Crippen LogP contribution in [0.15, 0.2) is 0 Å². The molecule has 0 aromatic rings. The third-order valence-electron chi connectivity index (χ3n) is 1.24. The molecule has 0 aliphatic rings. The van der Waals surface area contributed by atoms with E-state index in [1.165, 1.54) is 0 Å². The van der Waals surface area contributed by atoms with Crippen molar-refractivity contribution in [3.05, 3.63) is 0 Å². The third-order valence-corrected chi connectivity index (χ3v) is 2.43. The van der Waals surface area contributed by atoms with Crippen molar-refractivity contribution in [3.63, 3.8) is 0 Å². The summed E-state index contributed by atoms with van der Waals surface area (Å²) >= 11 is 0. The predicted octanol–water partition coefficient (Wildman–Crippen LogP) is -5.49. The van der Waals surface area contributed by atoms with Gasteiger partial charge in [0.15, 0.2) is 0 Å². The van der Waals surface area contributed by atoms with Crippen LogP contribution in [-0.2, 0) is 28.6 Å². The molecule has 0 saturated carbocycles. The Kier molecular flexibility index (Phi) is 9.45. The van der Waals surface area contributed by atoms with Gasteiger partial charge in [-0.2, -0.15) is 16.8 Å². The van der Waals surface area contributed by atoms with Gasteiger partial charge in [0.05, 0.1) is 12.5 Å². The molecule has 0 bridgehead atoms. The minimum atomic E-state index is -3.39. The molecule has 0 rings (SSSR count). The van der Waals surface area contributed by atoms with E-state index < -0.39 is 20.2 Å². The zero-order valence-corrected chi connectivity index (χ0v) is 11.4. The van der Waals surface area contributed by atoms with Crippen LogP contribution in [0, 0.1) is 0 Å². The fourth-order valence-corrected chi connectivity index (χ4v) is 1.51. The molecule has 0 amide bonds. The molecule has 0 radical (unpaired) electrons. The molecule has 0 fully saturated rings. The first kappa shape index (κ1) is 18.4. The highest BCUT2D eigenvalue weighted by Crippen LogP contribution is 1.83. The van der Waals surface area contributed by atoms with Gasteiger partial charge < -0.3 is 17.7 Å².